The Morgan fingerprint density at radius 1 is 1.41 bits per heavy atom. The normalized spacial score (nSPS) is 16.3. The van der Waals surface area contributed by atoms with E-state index in [-0.39, 0.29) is 11.7 Å². The quantitative estimate of drug-likeness (QED) is 0.640. The molecule has 2 amide bonds. The van der Waals surface area contributed by atoms with E-state index >= 15 is 0 Å². The second-order valence-electron chi connectivity index (χ2n) is 6.67. The highest BCUT2D eigenvalue weighted by Gasteiger charge is 2.27. The predicted molar refractivity (Wildman–Crippen MR) is 106 cm³/mol. The van der Waals surface area contributed by atoms with Gasteiger partial charge in [-0.2, -0.15) is 0 Å². The molecule has 3 aromatic heterocycles. The number of aromatic nitrogens is 3. The number of nitrogens with two attached hydrogens (primary N) is 1. The molecular weight excluding hydrogens is 382 g/mol. The van der Waals surface area contributed by atoms with Gasteiger partial charge in [0.05, 0.1) is 11.3 Å². The van der Waals surface area contributed by atoms with Crippen molar-refractivity contribution in [1.82, 2.24) is 14.6 Å². The van der Waals surface area contributed by atoms with E-state index in [0.717, 1.165) is 35.4 Å². The van der Waals surface area contributed by atoms with Crippen molar-refractivity contribution in [2.75, 3.05) is 11.1 Å². The molecule has 3 N–H and O–H groups in total. The van der Waals surface area contributed by atoms with Gasteiger partial charge in [-0.25, -0.2) is 0 Å². The number of nitrogens with zero attached hydrogens (tertiary/aromatic N) is 3. The largest absolute Gasteiger partial charge is 0.365 e. The Hall–Kier alpha value is -2.39. The van der Waals surface area contributed by atoms with Crippen molar-refractivity contribution in [2.24, 2.45) is 11.7 Å². The van der Waals surface area contributed by atoms with E-state index in [2.05, 4.69) is 22.4 Å². The third kappa shape index (κ3) is 3.57. The standard InChI is InChI=1S/C18H19N5O2S2/c1-10-5-6-11-12(8-10)27-17(15(11)16(19)25)20-14(24)9-26-18-22-21-13-4-2-3-7-23(13)18/h2-4,7,10H,5-6,8-9H2,1H3,(H2,19,25)(H,20,24)/t10-/m1/s1. The van der Waals surface area contributed by atoms with E-state index in [1.54, 1.807) is 0 Å². The van der Waals surface area contributed by atoms with Crippen molar-refractivity contribution in [1.29, 1.82) is 0 Å². The molecule has 7 nitrogen and oxygen atoms in total. The number of hydrogen-bond donors (Lipinski definition) is 2. The molecule has 27 heavy (non-hydrogen) atoms. The number of carbonyl (C=O) groups excluding carboxylic acids is 2. The molecule has 4 rings (SSSR count). The minimum atomic E-state index is -0.478. The first-order valence-corrected chi connectivity index (χ1v) is 10.5. The zero-order chi connectivity index (χ0) is 19.0. The van der Waals surface area contributed by atoms with Gasteiger partial charge in [0.25, 0.3) is 5.91 Å². The number of carbonyl (C=O) groups is 2. The maximum absolute atomic E-state index is 12.5. The number of amides is 2. The Bertz CT molecular complexity index is 1030. The van der Waals surface area contributed by atoms with Crippen LogP contribution < -0.4 is 11.1 Å². The van der Waals surface area contributed by atoms with Crippen LogP contribution in [0.2, 0.25) is 0 Å². The van der Waals surface area contributed by atoms with Gasteiger partial charge in [-0.15, -0.1) is 21.5 Å². The first kappa shape index (κ1) is 18.0. The Balaban J connectivity index is 1.49. The number of nitrogens with one attached hydrogen (secondary N) is 1. The molecule has 3 aromatic rings. The van der Waals surface area contributed by atoms with Crippen LogP contribution in [-0.4, -0.2) is 32.2 Å². The van der Waals surface area contributed by atoms with Gasteiger partial charge in [0.2, 0.25) is 5.91 Å². The molecule has 0 saturated carbocycles. The van der Waals surface area contributed by atoms with Crippen LogP contribution in [0.25, 0.3) is 5.65 Å². The molecule has 140 valence electrons. The van der Waals surface area contributed by atoms with Crippen LogP contribution in [0.4, 0.5) is 5.00 Å². The highest BCUT2D eigenvalue weighted by atomic mass is 32.2. The van der Waals surface area contributed by atoms with Crippen molar-refractivity contribution in [2.45, 2.75) is 31.3 Å². The Kier molecular flexibility index (Phi) is 4.88. The number of fused-ring (bicyclic) bond motifs is 2. The molecule has 1 aliphatic rings. The second kappa shape index (κ2) is 7.32. The summed E-state index contributed by atoms with van der Waals surface area (Å²) in [5.41, 5.74) is 7.82. The average Bonchev–Trinajstić information content (AvgIpc) is 3.20. The lowest BCUT2D eigenvalue weighted by Crippen LogP contribution is -2.20. The summed E-state index contributed by atoms with van der Waals surface area (Å²) in [5.74, 6) is 0.0832. The molecule has 0 aliphatic heterocycles. The molecule has 3 heterocycles. The zero-order valence-corrected chi connectivity index (χ0v) is 16.4. The molecule has 9 heteroatoms. The first-order chi connectivity index (χ1) is 13.0. The number of thioether (sulfide) groups is 1. The molecule has 0 saturated heterocycles. The van der Waals surface area contributed by atoms with Crippen LogP contribution in [0.3, 0.4) is 0 Å². The first-order valence-electron chi connectivity index (χ1n) is 8.69. The van der Waals surface area contributed by atoms with E-state index in [1.165, 1.54) is 23.1 Å². The van der Waals surface area contributed by atoms with E-state index in [4.69, 9.17) is 5.73 Å². The molecule has 0 aromatic carbocycles. The summed E-state index contributed by atoms with van der Waals surface area (Å²) < 4.78 is 1.83. The summed E-state index contributed by atoms with van der Waals surface area (Å²) in [6.45, 7) is 2.20. The Morgan fingerprint density at radius 2 is 2.26 bits per heavy atom. The maximum Gasteiger partial charge on any atom is 0.251 e. The van der Waals surface area contributed by atoms with Crippen molar-refractivity contribution < 1.29 is 9.59 Å². The SMILES string of the molecule is C[C@@H]1CCc2c(sc(NC(=O)CSc3nnc4ccccn34)c2C(N)=O)C1. The fourth-order valence-corrected chi connectivity index (χ4v) is 5.47. The number of rotatable bonds is 5. The molecule has 0 unspecified atom stereocenters. The van der Waals surface area contributed by atoms with Crippen LogP contribution >= 0.6 is 23.1 Å². The molecule has 0 radical (unpaired) electrons. The lowest BCUT2D eigenvalue weighted by Gasteiger charge is -2.18. The number of primary amides is 1. The average molecular weight is 402 g/mol. The van der Waals surface area contributed by atoms with Gasteiger partial charge < -0.3 is 11.1 Å². The summed E-state index contributed by atoms with van der Waals surface area (Å²) in [6, 6.07) is 5.63. The summed E-state index contributed by atoms with van der Waals surface area (Å²) >= 11 is 2.77. The number of anilines is 1. The molecule has 0 bridgehead atoms. The van der Waals surface area contributed by atoms with Gasteiger partial charge in [0, 0.05) is 11.1 Å². The summed E-state index contributed by atoms with van der Waals surface area (Å²) in [7, 11) is 0. The second-order valence-corrected chi connectivity index (χ2v) is 8.72. The topological polar surface area (TPSA) is 102 Å². The van der Waals surface area contributed by atoms with Gasteiger partial charge >= 0.3 is 0 Å². The zero-order valence-electron chi connectivity index (χ0n) is 14.8. The fraction of sp³-hybridized carbons (Fsp3) is 0.333. The number of thiophene rings is 1. The van der Waals surface area contributed by atoms with Gasteiger partial charge in [-0.1, -0.05) is 24.8 Å². The summed E-state index contributed by atoms with van der Waals surface area (Å²) in [5, 5.41) is 12.3. The van der Waals surface area contributed by atoms with Crippen molar-refractivity contribution >= 4 is 45.6 Å². The Morgan fingerprint density at radius 3 is 3.07 bits per heavy atom. The van der Waals surface area contributed by atoms with Crippen molar-refractivity contribution in [3.8, 4) is 0 Å². The predicted octanol–water partition coefficient (Wildman–Crippen LogP) is 2.75. The van der Waals surface area contributed by atoms with Gasteiger partial charge in [-0.05, 0) is 42.9 Å². The number of hydrogen-bond acceptors (Lipinski definition) is 6. The third-order valence-corrected chi connectivity index (χ3v) is 6.74. The number of pyridine rings is 1. The van der Waals surface area contributed by atoms with E-state index < -0.39 is 5.91 Å². The molecule has 0 spiro atoms. The molecular formula is C18H19N5O2S2. The van der Waals surface area contributed by atoms with E-state index in [9.17, 15) is 9.59 Å². The van der Waals surface area contributed by atoms with Crippen LogP contribution in [0, 0.1) is 5.92 Å². The monoisotopic (exact) mass is 401 g/mol. The van der Waals surface area contributed by atoms with E-state index in [0.29, 0.717) is 21.6 Å². The summed E-state index contributed by atoms with van der Waals surface area (Å²) in [6.07, 6.45) is 4.65. The van der Waals surface area contributed by atoms with Gasteiger partial charge in [0.15, 0.2) is 10.8 Å². The van der Waals surface area contributed by atoms with Crippen molar-refractivity contribution in [3.63, 3.8) is 0 Å². The fourth-order valence-electron chi connectivity index (χ4n) is 3.31. The molecule has 1 atom stereocenters. The lowest BCUT2D eigenvalue weighted by atomic mass is 9.88. The summed E-state index contributed by atoms with van der Waals surface area (Å²) in [4.78, 5) is 25.6. The van der Waals surface area contributed by atoms with Gasteiger partial charge in [0.1, 0.15) is 5.00 Å². The molecule has 0 fully saturated rings. The van der Waals surface area contributed by atoms with Crippen LogP contribution in [0.15, 0.2) is 29.6 Å². The van der Waals surface area contributed by atoms with E-state index in [1.807, 2.05) is 28.8 Å². The highest BCUT2D eigenvalue weighted by molar-refractivity contribution is 7.99. The third-order valence-electron chi connectivity index (χ3n) is 4.63. The minimum absolute atomic E-state index is 0.173. The Labute approximate surface area is 164 Å². The van der Waals surface area contributed by atoms with Crippen LogP contribution in [0.1, 0.15) is 34.1 Å². The highest BCUT2D eigenvalue weighted by Crippen LogP contribution is 2.39. The molecule has 1 aliphatic carbocycles. The van der Waals surface area contributed by atoms with Gasteiger partial charge in [-0.3, -0.25) is 14.0 Å². The van der Waals surface area contributed by atoms with Crippen LogP contribution in [0.5, 0.6) is 0 Å². The smallest absolute Gasteiger partial charge is 0.251 e. The van der Waals surface area contributed by atoms with Crippen LogP contribution in [-0.2, 0) is 17.6 Å². The van der Waals surface area contributed by atoms with Crippen molar-refractivity contribution in [3.05, 3.63) is 40.4 Å². The minimum Gasteiger partial charge on any atom is -0.365 e. The lowest BCUT2D eigenvalue weighted by molar-refractivity contribution is -0.113. The maximum atomic E-state index is 12.5.